The lowest BCUT2D eigenvalue weighted by Gasteiger charge is -2.13. The first-order chi connectivity index (χ1) is 11.5. The number of benzene rings is 2. The van der Waals surface area contributed by atoms with Crippen molar-refractivity contribution in [3.05, 3.63) is 59.7 Å². The van der Waals surface area contributed by atoms with Crippen molar-refractivity contribution in [3.8, 4) is 0 Å². The van der Waals surface area contributed by atoms with Gasteiger partial charge >= 0.3 is 6.03 Å². The molecule has 0 aliphatic heterocycles. The molecule has 0 saturated carbocycles. The van der Waals surface area contributed by atoms with Gasteiger partial charge in [-0.15, -0.1) is 0 Å². The SMILES string of the molecule is COCc1ccc(NC(=O)c2cccc(NC(=O)N(C)C)c2)cc1. The molecule has 2 aromatic rings. The number of hydrogen-bond acceptors (Lipinski definition) is 3. The summed E-state index contributed by atoms with van der Waals surface area (Å²) in [4.78, 5) is 25.4. The van der Waals surface area contributed by atoms with Crippen LogP contribution in [0.4, 0.5) is 16.2 Å². The number of methoxy groups -OCH3 is 1. The van der Waals surface area contributed by atoms with E-state index in [1.54, 1.807) is 45.5 Å². The molecule has 24 heavy (non-hydrogen) atoms. The Balaban J connectivity index is 2.05. The summed E-state index contributed by atoms with van der Waals surface area (Å²) >= 11 is 0. The maximum absolute atomic E-state index is 12.3. The molecule has 2 N–H and O–H groups in total. The fourth-order valence-electron chi connectivity index (χ4n) is 2.03. The number of hydrogen-bond donors (Lipinski definition) is 2. The zero-order valence-electron chi connectivity index (χ0n) is 14.0. The van der Waals surface area contributed by atoms with E-state index < -0.39 is 0 Å². The van der Waals surface area contributed by atoms with E-state index in [9.17, 15) is 9.59 Å². The van der Waals surface area contributed by atoms with Crippen LogP contribution in [0.25, 0.3) is 0 Å². The standard InChI is InChI=1S/C18H21N3O3/c1-21(2)18(23)20-16-6-4-5-14(11-16)17(22)19-15-9-7-13(8-10-15)12-24-3/h4-11H,12H2,1-3H3,(H,19,22)(H,20,23). The lowest BCUT2D eigenvalue weighted by atomic mass is 10.1. The van der Waals surface area contributed by atoms with Gasteiger partial charge in [-0.05, 0) is 35.9 Å². The first-order valence-corrected chi connectivity index (χ1v) is 7.47. The van der Waals surface area contributed by atoms with Gasteiger partial charge in [-0.2, -0.15) is 0 Å². The van der Waals surface area contributed by atoms with Crippen molar-refractivity contribution >= 4 is 23.3 Å². The number of nitrogens with one attached hydrogen (secondary N) is 2. The molecule has 0 heterocycles. The summed E-state index contributed by atoms with van der Waals surface area (Å²) in [5.74, 6) is -0.240. The molecule has 0 bridgehead atoms. The number of carbonyl (C=O) groups excluding carboxylic acids is 2. The average Bonchev–Trinajstić information content (AvgIpc) is 2.57. The molecule has 0 aromatic heterocycles. The average molecular weight is 327 g/mol. The van der Waals surface area contributed by atoms with Crippen molar-refractivity contribution < 1.29 is 14.3 Å². The van der Waals surface area contributed by atoms with Crippen LogP contribution in [0, 0.1) is 0 Å². The highest BCUT2D eigenvalue weighted by molar-refractivity contribution is 6.05. The molecular weight excluding hydrogens is 306 g/mol. The minimum absolute atomic E-state index is 0.240. The van der Waals surface area contributed by atoms with Crippen LogP contribution in [0.1, 0.15) is 15.9 Å². The Kier molecular flexibility index (Phi) is 5.92. The van der Waals surface area contributed by atoms with E-state index in [4.69, 9.17) is 4.74 Å². The highest BCUT2D eigenvalue weighted by atomic mass is 16.5. The lowest BCUT2D eigenvalue weighted by Crippen LogP contribution is -2.27. The van der Waals surface area contributed by atoms with Gasteiger partial charge in [0.2, 0.25) is 0 Å². The Hall–Kier alpha value is -2.86. The van der Waals surface area contributed by atoms with Gasteiger partial charge in [-0.3, -0.25) is 4.79 Å². The molecule has 6 nitrogen and oxygen atoms in total. The predicted octanol–water partition coefficient (Wildman–Crippen LogP) is 3.18. The predicted molar refractivity (Wildman–Crippen MR) is 94.3 cm³/mol. The van der Waals surface area contributed by atoms with E-state index in [2.05, 4.69) is 10.6 Å². The molecular formula is C18H21N3O3. The van der Waals surface area contributed by atoms with E-state index in [1.165, 1.54) is 4.90 Å². The van der Waals surface area contributed by atoms with Crippen molar-refractivity contribution in [2.75, 3.05) is 31.8 Å². The van der Waals surface area contributed by atoms with Crippen LogP contribution in [-0.4, -0.2) is 38.0 Å². The normalized spacial score (nSPS) is 10.1. The molecule has 0 spiro atoms. The van der Waals surface area contributed by atoms with Crippen LogP contribution in [0.2, 0.25) is 0 Å². The lowest BCUT2D eigenvalue weighted by molar-refractivity contribution is 0.102. The van der Waals surface area contributed by atoms with E-state index in [-0.39, 0.29) is 11.9 Å². The van der Waals surface area contributed by atoms with Gasteiger partial charge in [-0.1, -0.05) is 18.2 Å². The van der Waals surface area contributed by atoms with Crippen LogP contribution >= 0.6 is 0 Å². The monoisotopic (exact) mass is 327 g/mol. The molecule has 3 amide bonds. The molecule has 0 atom stereocenters. The minimum Gasteiger partial charge on any atom is -0.380 e. The highest BCUT2D eigenvalue weighted by Crippen LogP contribution is 2.15. The fourth-order valence-corrected chi connectivity index (χ4v) is 2.03. The number of amides is 3. The number of anilines is 2. The summed E-state index contributed by atoms with van der Waals surface area (Å²) < 4.78 is 5.05. The van der Waals surface area contributed by atoms with Crippen molar-refractivity contribution in [1.29, 1.82) is 0 Å². The van der Waals surface area contributed by atoms with E-state index in [1.807, 2.05) is 24.3 Å². The summed E-state index contributed by atoms with van der Waals surface area (Å²) in [6, 6.07) is 14.0. The van der Waals surface area contributed by atoms with Gasteiger partial charge in [0.1, 0.15) is 0 Å². The van der Waals surface area contributed by atoms with Gasteiger partial charge in [0.15, 0.2) is 0 Å². The zero-order chi connectivity index (χ0) is 17.5. The minimum atomic E-state index is -0.249. The van der Waals surface area contributed by atoms with Crippen molar-refractivity contribution in [2.24, 2.45) is 0 Å². The zero-order valence-corrected chi connectivity index (χ0v) is 14.0. The van der Waals surface area contributed by atoms with Gasteiger partial charge in [0.25, 0.3) is 5.91 Å². The van der Waals surface area contributed by atoms with Crippen LogP contribution in [-0.2, 0) is 11.3 Å². The second kappa shape index (κ2) is 8.12. The molecule has 0 aliphatic rings. The number of nitrogens with zero attached hydrogens (tertiary/aromatic N) is 1. The maximum Gasteiger partial charge on any atom is 0.321 e. The number of rotatable bonds is 5. The Bertz CT molecular complexity index is 712. The third kappa shape index (κ3) is 4.82. The molecule has 0 unspecified atom stereocenters. The van der Waals surface area contributed by atoms with Crippen LogP contribution < -0.4 is 10.6 Å². The van der Waals surface area contributed by atoms with Crippen LogP contribution in [0.5, 0.6) is 0 Å². The van der Waals surface area contributed by atoms with E-state index in [0.717, 1.165) is 5.56 Å². The number of carbonyl (C=O) groups is 2. The molecule has 2 aromatic carbocycles. The topological polar surface area (TPSA) is 70.7 Å². The summed E-state index contributed by atoms with van der Waals surface area (Å²) in [7, 11) is 4.94. The summed E-state index contributed by atoms with van der Waals surface area (Å²) in [6.07, 6.45) is 0. The molecule has 6 heteroatoms. The van der Waals surface area contributed by atoms with Gasteiger partial charge in [0, 0.05) is 38.1 Å². The summed E-state index contributed by atoms with van der Waals surface area (Å²) in [5, 5.41) is 5.54. The third-order valence-corrected chi connectivity index (χ3v) is 3.31. The molecule has 2 rings (SSSR count). The number of urea groups is 1. The summed E-state index contributed by atoms with van der Waals surface area (Å²) in [6.45, 7) is 0.530. The largest absolute Gasteiger partial charge is 0.380 e. The molecule has 0 aliphatic carbocycles. The molecule has 126 valence electrons. The van der Waals surface area contributed by atoms with Crippen LogP contribution in [0.15, 0.2) is 48.5 Å². The number of ether oxygens (including phenoxy) is 1. The summed E-state index contributed by atoms with van der Waals surface area (Å²) in [5.41, 5.74) is 2.76. The second-order valence-electron chi connectivity index (χ2n) is 5.49. The Morgan fingerprint density at radius 1 is 1.00 bits per heavy atom. The molecule has 0 radical (unpaired) electrons. The van der Waals surface area contributed by atoms with Gasteiger partial charge in [0.05, 0.1) is 6.61 Å². The Morgan fingerprint density at radius 3 is 2.33 bits per heavy atom. The van der Waals surface area contributed by atoms with E-state index in [0.29, 0.717) is 23.5 Å². The third-order valence-electron chi connectivity index (χ3n) is 3.31. The maximum atomic E-state index is 12.3. The van der Waals surface area contributed by atoms with Crippen molar-refractivity contribution in [1.82, 2.24) is 4.90 Å². The first kappa shape index (κ1) is 17.5. The Morgan fingerprint density at radius 2 is 1.71 bits per heavy atom. The first-order valence-electron chi connectivity index (χ1n) is 7.47. The Labute approximate surface area is 141 Å². The fraction of sp³-hybridized carbons (Fsp3) is 0.222. The quantitative estimate of drug-likeness (QED) is 0.886. The second-order valence-corrected chi connectivity index (χ2v) is 5.49. The van der Waals surface area contributed by atoms with Crippen molar-refractivity contribution in [2.45, 2.75) is 6.61 Å². The van der Waals surface area contributed by atoms with Crippen molar-refractivity contribution in [3.63, 3.8) is 0 Å². The van der Waals surface area contributed by atoms with Crippen LogP contribution in [0.3, 0.4) is 0 Å². The van der Waals surface area contributed by atoms with E-state index >= 15 is 0 Å². The molecule has 0 saturated heterocycles. The van der Waals surface area contributed by atoms with Gasteiger partial charge < -0.3 is 20.3 Å². The molecule has 0 fully saturated rings. The smallest absolute Gasteiger partial charge is 0.321 e. The highest BCUT2D eigenvalue weighted by Gasteiger charge is 2.09. The van der Waals surface area contributed by atoms with Gasteiger partial charge in [-0.25, -0.2) is 4.79 Å².